The summed E-state index contributed by atoms with van der Waals surface area (Å²) in [6.45, 7) is 1.39. The molecule has 6 nitrogen and oxygen atoms in total. The number of carboxylic acid groups (broad SMARTS) is 1. The van der Waals surface area contributed by atoms with E-state index in [9.17, 15) is 14.7 Å². The van der Waals surface area contributed by atoms with E-state index < -0.39 is 5.97 Å². The second-order valence-corrected chi connectivity index (χ2v) is 4.82. The Hall–Kier alpha value is -2.63. The zero-order chi connectivity index (χ0) is 15.6. The van der Waals surface area contributed by atoms with Crippen molar-refractivity contribution in [3.8, 4) is 0 Å². The Kier molecular flexibility index (Phi) is 4.07. The fourth-order valence-corrected chi connectivity index (χ4v) is 2.10. The molecule has 1 N–H and O–H groups in total. The third-order valence-electron chi connectivity index (χ3n) is 2.99. The van der Waals surface area contributed by atoms with Crippen molar-refractivity contribution in [2.24, 2.45) is 0 Å². The van der Waals surface area contributed by atoms with Gasteiger partial charge in [-0.2, -0.15) is 0 Å². The van der Waals surface area contributed by atoms with Gasteiger partial charge in [0.05, 0.1) is 22.5 Å². The van der Waals surface area contributed by atoms with E-state index in [2.05, 4.69) is 4.98 Å². The molecule has 0 spiro atoms. The Morgan fingerprint density at radius 1 is 1.24 bits per heavy atom. The van der Waals surface area contributed by atoms with Crippen LogP contribution in [0.3, 0.4) is 0 Å². The monoisotopic (exact) mass is 288 g/mol. The number of aromatic carboxylic acids is 1. The van der Waals surface area contributed by atoms with Crippen LogP contribution in [0.25, 0.3) is 10.9 Å². The highest BCUT2D eigenvalue weighted by atomic mass is 16.5. The molecule has 1 aromatic heterocycles. The first kappa shape index (κ1) is 14.8. The van der Waals surface area contributed by atoms with E-state index in [0.717, 1.165) is 5.39 Å². The van der Waals surface area contributed by atoms with Gasteiger partial charge in [-0.1, -0.05) is 12.1 Å². The zero-order valence-corrected chi connectivity index (χ0v) is 12.1. The number of hydrogen-bond acceptors (Lipinski definition) is 5. The number of pyridine rings is 1. The molecule has 0 aliphatic rings. The molecule has 1 heterocycles. The molecule has 0 radical (unpaired) electrons. The van der Waals surface area contributed by atoms with Crippen LogP contribution in [0.4, 0.5) is 5.69 Å². The molecule has 1 aromatic carbocycles. The molecule has 0 saturated heterocycles. The number of anilines is 1. The number of rotatable bonds is 4. The van der Waals surface area contributed by atoms with Crippen LogP contribution in [0.15, 0.2) is 24.3 Å². The number of carbonyl (C=O) groups is 2. The number of benzene rings is 1. The fourth-order valence-electron chi connectivity index (χ4n) is 2.10. The number of hydrogen-bond donors (Lipinski definition) is 1. The molecular formula is C15H16N2O4. The average Bonchev–Trinajstić information content (AvgIpc) is 2.43. The Morgan fingerprint density at radius 3 is 2.48 bits per heavy atom. The lowest BCUT2D eigenvalue weighted by molar-refractivity contribution is -0.142. The number of fused-ring (bicyclic) bond motifs is 1. The number of esters is 1. The summed E-state index contributed by atoms with van der Waals surface area (Å²) in [6, 6.07) is 6.87. The summed E-state index contributed by atoms with van der Waals surface area (Å²) in [5.74, 6) is -1.39. The predicted molar refractivity (Wildman–Crippen MR) is 78.5 cm³/mol. The maximum atomic E-state index is 11.3. The first-order valence-corrected chi connectivity index (χ1v) is 6.36. The summed E-state index contributed by atoms with van der Waals surface area (Å²) in [5, 5.41) is 10.1. The van der Waals surface area contributed by atoms with Crippen molar-refractivity contribution < 1.29 is 19.4 Å². The molecule has 0 atom stereocenters. The van der Waals surface area contributed by atoms with Gasteiger partial charge in [0.1, 0.15) is 6.61 Å². The van der Waals surface area contributed by atoms with Gasteiger partial charge in [-0.3, -0.25) is 4.79 Å². The number of carboxylic acids is 1. The minimum absolute atomic E-state index is 0.0649. The van der Waals surface area contributed by atoms with Crippen LogP contribution >= 0.6 is 0 Å². The SMILES string of the molecule is CC(=O)OCc1ccc2ccc(C(=O)O)c(N(C)C)c2n1. The van der Waals surface area contributed by atoms with Crippen molar-refractivity contribution in [3.05, 3.63) is 35.5 Å². The Morgan fingerprint density at radius 2 is 1.90 bits per heavy atom. The van der Waals surface area contributed by atoms with Crippen LogP contribution in [0.1, 0.15) is 23.0 Å². The van der Waals surface area contributed by atoms with Crippen molar-refractivity contribution >= 4 is 28.5 Å². The third-order valence-corrected chi connectivity index (χ3v) is 2.99. The van der Waals surface area contributed by atoms with Gasteiger partial charge >= 0.3 is 11.9 Å². The second-order valence-electron chi connectivity index (χ2n) is 4.82. The first-order chi connectivity index (χ1) is 9.90. The molecule has 0 saturated carbocycles. The van der Waals surface area contributed by atoms with E-state index in [1.54, 1.807) is 37.2 Å². The van der Waals surface area contributed by atoms with E-state index in [1.807, 2.05) is 6.07 Å². The molecule has 0 amide bonds. The van der Waals surface area contributed by atoms with Crippen LogP contribution in [-0.2, 0) is 16.1 Å². The predicted octanol–water partition coefficient (Wildman–Crippen LogP) is 2.06. The van der Waals surface area contributed by atoms with Crippen LogP contribution in [0.5, 0.6) is 0 Å². The maximum Gasteiger partial charge on any atom is 0.337 e. The van der Waals surface area contributed by atoms with Gasteiger partial charge in [0, 0.05) is 26.4 Å². The molecule has 0 aliphatic heterocycles. The van der Waals surface area contributed by atoms with Crippen LogP contribution < -0.4 is 4.90 Å². The zero-order valence-electron chi connectivity index (χ0n) is 12.1. The van der Waals surface area contributed by atoms with E-state index in [1.165, 1.54) is 6.92 Å². The Balaban J connectivity index is 2.59. The average molecular weight is 288 g/mol. The van der Waals surface area contributed by atoms with Gasteiger partial charge in [-0.05, 0) is 12.1 Å². The highest BCUT2D eigenvalue weighted by Gasteiger charge is 2.16. The first-order valence-electron chi connectivity index (χ1n) is 6.36. The second kappa shape index (κ2) is 5.78. The van der Waals surface area contributed by atoms with Crippen LogP contribution in [-0.4, -0.2) is 36.1 Å². The highest BCUT2D eigenvalue weighted by Crippen LogP contribution is 2.28. The Bertz CT molecular complexity index is 710. The van der Waals surface area contributed by atoms with Gasteiger partial charge in [0.25, 0.3) is 0 Å². The Labute approximate surface area is 122 Å². The molecule has 0 aliphatic carbocycles. The van der Waals surface area contributed by atoms with Crippen molar-refractivity contribution in [3.63, 3.8) is 0 Å². The van der Waals surface area contributed by atoms with Crippen LogP contribution in [0.2, 0.25) is 0 Å². The molecule has 0 unspecified atom stereocenters. The minimum atomic E-state index is -1.01. The topological polar surface area (TPSA) is 79.7 Å². The van der Waals surface area contributed by atoms with Crippen molar-refractivity contribution in [2.75, 3.05) is 19.0 Å². The molecule has 0 bridgehead atoms. The van der Waals surface area contributed by atoms with E-state index in [-0.39, 0.29) is 18.1 Å². The highest BCUT2D eigenvalue weighted by molar-refractivity contribution is 6.04. The summed E-state index contributed by atoms with van der Waals surface area (Å²) < 4.78 is 4.92. The number of aromatic nitrogens is 1. The summed E-state index contributed by atoms with van der Waals surface area (Å²) in [4.78, 5) is 28.4. The van der Waals surface area contributed by atoms with E-state index >= 15 is 0 Å². The standard InChI is InChI=1S/C15H16N2O4/c1-9(18)21-8-11-6-4-10-5-7-12(15(19)20)14(17(2)3)13(10)16-11/h4-7H,8H2,1-3H3,(H,19,20). The molecular weight excluding hydrogens is 272 g/mol. The summed E-state index contributed by atoms with van der Waals surface area (Å²) in [5.41, 5.74) is 1.86. The largest absolute Gasteiger partial charge is 0.478 e. The molecule has 21 heavy (non-hydrogen) atoms. The van der Waals surface area contributed by atoms with Gasteiger partial charge in [0.2, 0.25) is 0 Å². The normalized spacial score (nSPS) is 10.4. The summed E-state index contributed by atoms with van der Waals surface area (Å²) in [7, 11) is 3.53. The third kappa shape index (κ3) is 3.10. The molecule has 110 valence electrons. The lowest BCUT2D eigenvalue weighted by atomic mass is 10.1. The minimum Gasteiger partial charge on any atom is -0.478 e. The number of nitrogens with zero attached hydrogens (tertiary/aromatic N) is 2. The fraction of sp³-hybridized carbons (Fsp3) is 0.267. The smallest absolute Gasteiger partial charge is 0.337 e. The number of ether oxygens (including phenoxy) is 1. The maximum absolute atomic E-state index is 11.3. The van der Waals surface area contributed by atoms with E-state index in [0.29, 0.717) is 16.9 Å². The molecule has 6 heteroatoms. The van der Waals surface area contributed by atoms with Crippen molar-refractivity contribution in [2.45, 2.75) is 13.5 Å². The summed E-state index contributed by atoms with van der Waals surface area (Å²) >= 11 is 0. The van der Waals surface area contributed by atoms with Crippen molar-refractivity contribution in [1.82, 2.24) is 4.98 Å². The van der Waals surface area contributed by atoms with Gasteiger partial charge in [-0.15, -0.1) is 0 Å². The lowest BCUT2D eigenvalue weighted by Crippen LogP contribution is -2.15. The number of carbonyl (C=O) groups excluding carboxylic acids is 1. The van der Waals surface area contributed by atoms with E-state index in [4.69, 9.17) is 4.74 Å². The molecule has 2 aromatic rings. The van der Waals surface area contributed by atoms with Crippen molar-refractivity contribution in [1.29, 1.82) is 0 Å². The van der Waals surface area contributed by atoms with Gasteiger partial charge in [-0.25, -0.2) is 9.78 Å². The molecule has 0 fully saturated rings. The molecule has 2 rings (SSSR count). The van der Waals surface area contributed by atoms with Crippen LogP contribution in [0, 0.1) is 0 Å². The van der Waals surface area contributed by atoms with Gasteiger partial charge in [0.15, 0.2) is 0 Å². The lowest BCUT2D eigenvalue weighted by Gasteiger charge is -2.18. The summed E-state index contributed by atoms with van der Waals surface area (Å²) in [6.07, 6.45) is 0. The van der Waals surface area contributed by atoms with Gasteiger partial charge < -0.3 is 14.7 Å². The quantitative estimate of drug-likeness (QED) is 0.867.